The van der Waals surface area contributed by atoms with Crippen molar-refractivity contribution in [2.75, 3.05) is 39.0 Å². The van der Waals surface area contributed by atoms with Crippen molar-refractivity contribution in [1.29, 1.82) is 0 Å². The Balaban J connectivity index is 1.34. The smallest absolute Gasteiger partial charge is 0.251 e. The van der Waals surface area contributed by atoms with Gasteiger partial charge in [0, 0.05) is 41.6 Å². The number of likely N-dealkylation sites (N-methyl/N-ethyl adjacent to an activating group) is 1. The summed E-state index contributed by atoms with van der Waals surface area (Å²) < 4.78 is 22.8. The molecule has 2 unspecified atom stereocenters. The summed E-state index contributed by atoms with van der Waals surface area (Å²) >= 11 is 0. The minimum Gasteiger partial charge on any atom is -0.510 e. The number of halogens is 1. The number of benzene rings is 1. The first-order valence-corrected chi connectivity index (χ1v) is 15.3. The van der Waals surface area contributed by atoms with E-state index in [0.717, 1.165) is 25.0 Å². The summed E-state index contributed by atoms with van der Waals surface area (Å²) in [6.07, 6.45) is 3.77. The number of nitrogens with one attached hydrogen (secondary N) is 1. The molecule has 1 spiro atoms. The number of likely N-dealkylation sites (tertiary alicyclic amines) is 1. The number of anilines is 1. The number of phenolic OH excluding ortho intramolecular Hbond substituents is 1. The maximum Gasteiger partial charge on any atom is 0.251 e. The number of amides is 1. The second-order valence-electron chi connectivity index (χ2n) is 13.6. The van der Waals surface area contributed by atoms with Gasteiger partial charge in [-0.25, -0.2) is 4.39 Å². The molecule has 1 aromatic rings. The van der Waals surface area contributed by atoms with Crippen LogP contribution in [0.15, 0.2) is 34.5 Å². The second kappa shape index (κ2) is 8.61. The number of primary amides is 1. The normalized spacial score (nSPS) is 36.9. The zero-order valence-electron chi connectivity index (χ0n) is 24.5. The lowest BCUT2D eigenvalue weighted by molar-refractivity contribution is -0.153. The molecule has 43 heavy (non-hydrogen) atoms. The van der Waals surface area contributed by atoms with E-state index in [2.05, 4.69) is 10.2 Å². The highest BCUT2D eigenvalue weighted by Gasteiger charge is 2.79. The molecule has 3 aliphatic heterocycles. The minimum absolute atomic E-state index is 0.0373. The van der Waals surface area contributed by atoms with Crippen molar-refractivity contribution in [3.8, 4) is 5.75 Å². The second-order valence-corrected chi connectivity index (χ2v) is 13.6. The number of ether oxygens (including phenoxy) is 1. The third-order valence-corrected chi connectivity index (χ3v) is 11.7. The molecule has 0 bridgehead atoms. The molecule has 6 N–H and O–H groups in total. The number of nitrogens with zero attached hydrogens (tertiary/aromatic N) is 2. The zero-order valence-corrected chi connectivity index (χ0v) is 24.5. The van der Waals surface area contributed by atoms with Crippen LogP contribution in [-0.4, -0.2) is 82.2 Å². The molecule has 1 saturated heterocycles. The number of allylic oxidation sites excluding steroid dienone is 1. The van der Waals surface area contributed by atoms with Gasteiger partial charge in [-0.3, -0.25) is 19.4 Å². The first-order valence-electron chi connectivity index (χ1n) is 15.3. The topological polar surface area (TPSA) is 149 Å². The van der Waals surface area contributed by atoms with Crippen LogP contribution in [0.3, 0.4) is 0 Å². The van der Waals surface area contributed by atoms with E-state index in [9.17, 15) is 24.9 Å². The standard InChI is InChI=1S/C32H37FN4O6/c1-4-6-36(2)25-17-9-14-8-16-19(27(39)23-20(22(16)33)24-13(11-35-23)5-7-37(24)3)26(38)18(14)29-32(17)15(12-43-29)10-31(32,42)21(28(25)40)30(34)41/h12-14,17,24-25,35,39-40,42H,4-11H2,1-3H3,(H2,34,41)/t13?,14-,17-,24?,25-,31-,32+/m0/s1. The number of rotatable bonds is 4. The highest BCUT2D eigenvalue weighted by molar-refractivity contribution is 6.15. The summed E-state index contributed by atoms with van der Waals surface area (Å²) in [5.74, 6) is -2.93. The van der Waals surface area contributed by atoms with Gasteiger partial charge in [0.2, 0.25) is 0 Å². The average molecular weight is 593 g/mol. The third-order valence-electron chi connectivity index (χ3n) is 11.7. The zero-order chi connectivity index (χ0) is 30.3. The van der Waals surface area contributed by atoms with Crippen LogP contribution < -0.4 is 11.1 Å². The summed E-state index contributed by atoms with van der Waals surface area (Å²) in [5.41, 5.74) is 4.27. The molecule has 3 heterocycles. The van der Waals surface area contributed by atoms with E-state index < -0.39 is 46.4 Å². The van der Waals surface area contributed by atoms with E-state index in [1.54, 1.807) is 0 Å². The summed E-state index contributed by atoms with van der Waals surface area (Å²) in [6, 6.07) is -0.869. The molecule has 7 atom stereocenters. The lowest BCUT2D eigenvalue weighted by atomic mass is 9.39. The van der Waals surface area contributed by atoms with Gasteiger partial charge >= 0.3 is 0 Å². The maximum atomic E-state index is 16.7. The Labute approximate surface area is 248 Å². The number of aliphatic hydroxyl groups excluding tert-OH is 1. The summed E-state index contributed by atoms with van der Waals surface area (Å²) in [7, 11) is 3.82. The van der Waals surface area contributed by atoms with Crippen LogP contribution in [0, 0.1) is 29.0 Å². The lowest BCUT2D eigenvalue weighted by Crippen LogP contribution is -2.72. The van der Waals surface area contributed by atoms with Gasteiger partial charge in [0.25, 0.3) is 5.91 Å². The van der Waals surface area contributed by atoms with Crippen LogP contribution in [-0.2, 0) is 16.0 Å². The monoisotopic (exact) mass is 592 g/mol. The van der Waals surface area contributed by atoms with Crippen LogP contribution in [0.25, 0.3) is 0 Å². The molecule has 8 rings (SSSR count). The van der Waals surface area contributed by atoms with Gasteiger partial charge in [-0.15, -0.1) is 0 Å². The minimum atomic E-state index is -1.86. The summed E-state index contributed by atoms with van der Waals surface area (Å²) in [6.45, 7) is 4.00. The van der Waals surface area contributed by atoms with Gasteiger partial charge in [-0.05, 0) is 70.3 Å². The Hall–Kier alpha value is -3.41. The van der Waals surface area contributed by atoms with Crippen molar-refractivity contribution < 1.29 is 34.0 Å². The van der Waals surface area contributed by atoms with Gasteiger partial charge in [-0.2, -0.15) is 0 Å². The predicted molar refractivity (Wildman–Crippen MR) is 153 cm³/mol. The Morgan fingerprint density at radius 2 is 2.12 bits per heavy atom. The molecule has 7 aliphatic rings. The fourth-order valence-corrected chi connectivity index (χ4v) is 10.2. The average Bonchev–Trinajstić information content (AvgIpc) is 3.48. The van der Waals surface area contributed by atoms with Crippen molar-refractivity contribution in [3.63, 3.8) is 0 Å². The number of aliphatic hydroxyl groups is 2. The molecule has 1 aromatic carbocycles. The molecular formula is C32H37FN4O6. The van der Waals surface area contributed by atoms with E-state index >= 15 is 4.39 Å². The van der Waals surface area contributed by atoms with Gasteiger partial charge in [-0.1, -0.05) is 6.92 Å². The number of Topliss-reactive ketones (excluding diaryl/α,β-unsaturated/α-hetero) is 1. The third kappa shape index (κ3) is 2.94. The molecule has 0 aromatic heterocycles. The maximum absolute atomic E-state index is 16.7. The van der Waals surface area contributed by atoms with Crippen molar-refractivity contribution in [1.82, 2.24) is 9.80 Å². The number of hydrogen-bond acceptors (Lipinski definition) is 9. The fourth-order valence-electron chi connectivity index (χ4n) is 10.2. The lowest BCUT2D eigenvalue weighted by Gasteiger charge is -2.65. The van der Waals surface area contributed by atoms with Crippen molar-refractivity contribution in [2.45, 2.75) is 56.7 Å². The number of carbonyl (C=O) groups excluding carboxylic acids is 2. The van der Waals surface area contributed by atoms with Crippen molar-refractivity contribution >= 4 is 17.4 Å². The SMILES string of the molecule is CCCN(C)[C@@H]1C(O)=C(C(N)=O)[C@@]2(O)CC3=COC4=C5C(=O)c6c(O)c7c(c(F)c6C[C@H]5C[C@@H]1[C@]342)C1C(CCN1C)CN7. The Morgan fingerprint density at radius 3 is 2.84 bits per heavy atom. The molecule has 228 valence electrons. The highest BCUT2D eigenvalue weighted by atomic mass is 19.1. The van der Waals surface area contributed by atoms with Gasteiger partial charge < -0.3 is 31.1 Å². The van der Waals surface area contributed by atoms with Crippen molar-refractivity contribution in [3.05, 3.63) is 57.0 Å². The number of carbonyl (C=O) groups is 2. The predicted octanol–water partition coefficient (Wildman–Crippen LogP) is 2.64. The molecular weight excluding hydrogens is 555 g/mol. The summed E-state index contributed by atoms with van der Waals surface area (Å²) in [5, 5.41) is 38.6. The summed E-state index contributed by atoms with van der Waals surface area (Å²) in [4.78, 5) is 31.4. The molecule has 1 saturated carbocycles. The van der Waals surface area contributed by atoms with Crippen LogP contribution in [0.4, 0.5) is 10.1 Å². The molecule has 11 heteroatoms. The van der Waals surface area contributed by atoms with E-state index in [4.69, 9.17) is 10.5 Å². The van der Waals surface area contributed by atoms with Crippen LogP contribution >= 0.6 is 0 Å². The molecule has 4 aliphatic carbocycles. The number of ketones is 1. The first kappa shape index (κ1) is 27.2. The fraction of sp³-hybridized carbons (Fsp3) is 0.562. The van der Waals surface area contributed by atoms with Crippen molar-refractivity contribution in [2.24, 2.45) is 28.9 Å². The molecule has 1 amide bonds. The molecule has 2 fully saturated rings. The highest BCUT2D eigenvalue weighted by Crippen LogP contribution is 2.75. The number of aromatic hydroxyl groups is 1. The Kier molecular flexibility index (Phi) is 5.44. The van der Waals surface area contributed by atoms with Crippen LogP contribution in [0.1, 0.15) is 60.1 Å². The quantitative estimate of drug-likeness (QED) is 0.333. The number of hydrogen-bond donors (Lipinski definition) is 5. The first-order chi connectivity index (χ1) is 20.5. The van der Waals surface area contributed by atoms with E-state index in [0.29, 0.717) is 25.1 Å². The Morgan fingerprint density at radius 1 is 1.35 bits per heavy atom. The largest absolute Gasteiger partial charge is 0.510 e. The molecule has 10 nitrogen and oxygen atoms in total. The van der Waals surface area contributed by atoms with Gasteiger partial charge in [0.15, 0.2) is 11.5 Å². The molecule has 0 radical (unpaired) electrons. The van der Waals surface area contributed by atoms with Crippen LogP contribution in [0.2, 0.25) is 0 Å². The van der Waals surface area contributed by atoms with E-state index in [-0.39, 0.29) is 70.0 Å². The number of fused-ring (bicyclic) bond motifs is 5. The van der Waals surface area contributed by atoms with E-state index in [1.165, 1.54) is 6.26 Å². The van der Waals surface area contributed by atoms with Gasteiger partial charge in [0.1, 0.15) is 22.9 Å². The van der Waals surface area contributed by atoms with E-state index in [1.807, 2.05) is 25.9 Å². The number of nitrogens with two attached hydrogens (primary N) is 1. The van der Waals surface area contributed by atoms with Gasteiger partial charge in [0.05, 0.1) is 34.5 Å². The number of phenols is 1. The Bertz CT molecular complexity index is 1630. The van der Waals surface area contributed by atoms with Crippen LogP contribution in [0.5, 0.6) is 5.75 Å².